The zero-order valence-electron chi connectivity index (χ0n) is 11.6. The van der Waals surface area contributed by atoms with E-state index in [2.05, 4.69) is 22.0 Å². The van der Waals surface area contributed by atoms with Crippen LogP contribution in [-0.2, 0) is 16.6 Å². The number of aliphatic carboxylic acids is 1. The van der Waals surface area contributed by atoms with Crippen LogP contribution in [-0.4, -0.2) is 17.2 Å². The van der Waals surface area contributed by atoms with E-state index < -0.39 is 11.4 Å². The summed E-state index contributed by atoms with van der Waals surface area (Å²) in [5.41, 5.74) is 1.24. The highest BCUT2D eigenvalue weighted by atomic mass is 79.9. The molecule has 4 heteroatoms. The number of hydrogen-bond acceptors (Lipinski definition) is 2. The van der Waals surface area contributed by atoms with Crippen molar-refractivity contribution in [2.45, 2.75) is 57.0 Å². The van der Waals surface area contributed by atoms with Gasteiger partial charge in [-0.3, -0.25) is 4.79 Å². The predicted molar refractivity (Wildman–Crippen MR) is 80.3 cm³/mol. The van der Waals surface area contributed by atoms with Gasteiger partial charge in [0.25, 0.3) is 0 Å². The number of carboxylic acids is 1. The van der Waals surface area contributed by atoms with E-state index in [0.717, 1.165) is 47.0 Å². The number of halogens is 1. The minimum Gasteiger partial charge on any atom is -0.490 e. The number of ether oxygens (including phenoxy) is 1. The van der Waals surface area contributed by atoms with E-state index in [0.29, 0.717) is 12.8 Å². The van der Waals surface area contributed by atoms with Crippen LogP contribution >= 0.6 is 15.9 Å². The Balaban J connectivity index is 2.15. The lowest BCUT2D eigenvalue weighted by atomic mass is 9.69. The van der Waals surface area contributed by atoms with E-state index in [4.69, 9.17) is 4.74 Å². The van der Waals surface area contributed by atoms with Crippen molar-refractivity contribution in [1.29, 1.82) is 0 Å². The second kappa shape index (κ2) is 5.06. The van der Waals surface area contributed by atoms with E-state index >= 15 is 0 Å². The molecule has 0 saturated heterocycles. The van der Waals surface area contributed by atoms with Crippen LogP contribution in [0.2, 0.25) is 0 Å². The molecule has 20 heavy (non-hydrogen) atoms. The molecule has 1 N–H and O–H groups in total. The molecule has 1 aliphatic carbocycles. The third kappa shape index (κ3) is 2.14. The SMILES string of the molecule is CC1Cc2cc(Br)cc(C3(C(=O)O)CCCCC3)c2O1. The molecule has 0 amide bonds. The first-order valence-electron chi connectivity index (χ1n) is 7.26. The van der Waals surface area contributed by atoms with Gasteiger partial charge in [0.2, 0.25) is 0 Å². The van der Waals surface area contributed by atoms with Crippen molar-refractivity contribution in [3.05, 3.63) is 27.7 Å². The lowest BCUT2D eigenvalue weighted by molar-refractivity contribution is -0.145. The first-order chi connectivity index (χ1) is 9.53. The van der Waals surface area contributed by atoms with Crippen molar-refractivity contribution in [2.75, 3.05) is 0 Å². The summed E-state index contributed by atoms with van der Waals surface area (Å²) < 4.78 is 6.89. The summed E-state index contributed by atoms with van der Waals surface area (Å²) in [4.78, 5) is 12.0. The second-order valence-corrected chi connectivity index (χ2v) is 6.94. The van der Waals surface area contributed by atoms with Gasteiger partial charge in [0.05, 0.1) is 5.41 Å². The summed E-state index contributed by atoms with van der Waals surface area (Å²) in [6.07, 6.45) is 5.49. The van der Waals surface area contributed by atoms with Gasteiger partial charge in [0, 0.05) is 16.5 Å². The van der Waals surface area contributed by atoms with Crippen molar-refractivity contribution in [3.8, 4) is 5.75 Å². The van der Waals surface area contributed by atoms with Gasteiger partial charge >= 0.3 is 5.97 Å². The molecular weight excluding hydrogens is 320 g/mol. The molecule has 3 rings (SSSR count). The van der Waals surface area contributed by atoms with Crippen LogP contribution in [0, 0.1) is 0 Å². The minimum atomic E-state index is -0.768. The number of hydrogen-bond donors (Lipinski definition) is 1. The Morgan fingerprint density at radius 2 is 2.05 bits per heavy atom. The zero-order valence-corrected chi connectivity index (χ0v) is 13.2. The van der Waals surface area contributed by atoms with Gasteiger partial charge in [-0.2, -0.15) is 0 Å². The van der Waals surface area contributed by atoms with Crippen LogP contribution in [0.3, 0.4) is 0 Å². The monoisotopic (exact) mass is 338 g/mol. The van der Waals surface area contributed by atoms with E-state index in [1.165, 1.54) is 0 Å². The van der Waals surface area contributed by atoms with Crippen LogP contribution in [0.5, 0.6) is 5.75 Å². The summed E-state index contributed by atoms with van der Waals surface area (Å²) in [7, 11) is 0. The first kappa shape index (κ1) is 13.9. The van der Waals surface area contributed by atoms with Crippen LogP contribution in [0.1, 0.15) is 50.2 Å². The van der Waals surface area contributed by atoms with Gasteiger partial charge in [-0.15, -0.1) is 0 Å². The first-order valence-corrected chi connectivity index (χ1v) is 8.05. The maximum atomic E-state index is 12.0. The Hall–Kier alpha value is -1.03. The van der Waals surface area contributed by atoms with Gasteiger partial charge < -0.3 is 9.84 Å². The van der Waals surface area contributed by atoms with Crippen molar-refractivity contribution in [3.63, 3.8) is 0 Å². The highest BCUT2D eigenvalue weighted by Gasteiger charge is 2.45. The average Bonchev–Trinajstić information content (AvgIpc) is 2.78. The molecule has 0 spiro atoms. The number of rotatable bonds is 2. The van der Waals surface area contributed by atoms with Crippen molar-refractivity contribution in [1.82, 2.24) is 0 Å². The highest BCUT2D eigenvalue weighted by Crippen LogP contribution is 2.47. The fourth-order valence-corrected chi connectivity index (χ4v) is 4.11. The fourth-order valence-electron chi connectivity index (χ4n) is 3.60. The summed E-state index contributed by atoms with van der Waals surface area (Å²) in [6, 6.07) is 4.01. The maximum absolute atomic E-state index is 12.0. The van der Waals surface area contributed by atoms with E-state index in [1.54, 1.807) is 0 Å². The number of fused-ring (bicyclic) bond motifs is 1. The van der Waals surface area contributed by atoms with Crippen LogP contribution < -0.4 is 4.74 Å². The molecule has 1 heterocycles. The molecule has 0 bridgehead atoms. The van der Waals surface area contributed by atoms with E-state index in [1.807, 2.05) is 13.0 Å². The Morgan fingerprint density at radius 3 is 2.70 bits per heavy atom. The molecule has 0 aromatic heterocycles. The standard InChI is InChI=1S/C16H19BrO3/c1-10-7-11-8-12(17)9-13(14(11)20-10)16(15(18)19)5-3-2-4-6-16/h8-10H,2-7H2,1H3,(H,18,19). The molecule has 108 valence electrons. The molecule has 1 aromatic carbocycles. The van der Waals surface area contributed by atoms with Crippen molar-refractivity contribution in [2.24, 2.45) is 0 Å². The largest absolute Gasteiger partial charge is 0.490 e. The number of carbonyl (C=O) groups is 1. The molecule has 2 aliphatic rings. The number of benzene rings is 1. The minimum absolute atomic E-state index is 0.132. The highest BCUT2D eigenvalue weighted by molar-refractivity contribution is 9.10. The average molecular weight is 339 g/mol. The quantitative estimate of drug-likeness (QED) is 0.884. The molecule has 1 aromatic rings. The van der Waals surface area contributed by atoms with Gasteiger partial charge in [0.15, 0.2) is 0 Å². The molecule has 1 aliphatic heterocycles. The smallest absolute Gasteiger partial charge is 0.314 e. The molecule has 1 fully saturated rings. The van der Waals surface area contributed by atoms with Crippen LogP contribution in [0.15, 0.2) is 16.6 Å². The Bertz CT molecular complexity index is 547. The predicted octanol–water partition coefficient (Wildman–Crippen LogP) is 4.06. The molecule has 1 unspecified atom stereocenters. The second-order valence-electron chi connectivity index (χ2n) is 6.02. The van der Waals surface area contributed by atoms with Crippen LogP contribution in [0.4, 0.5) is 0 Å². The molecular formula is C16H19BrO3. The normalized spacial score (nSPS) is 24.0. The fraction of sp³-hybridized carbons (Fsp3) is 0.562. The van der Waals surface area contributed by atoms with Gasteiger partial charge in [-0.25, -0.2) is 0 Å². The van der Waals surface area contributed by atoms with E-state index in [9.17, 15) is 9.90 Å². The Labute approximate surface area is 127 Å². The van der Waals surface area contributed by atoms with Gasteiger partial charge in [0.1, 0.15) is 11.9 Å². The summed E-state index contributed by atoms with van der Waals surface area (Å²) in [6.45, 7) is 2.03. The Morgan fingerprint density at radius 1 is 1.35 bits per heavy atom. The Kier molecular flexibility index (Phi) is 3.53. The van der Waals surface area contributed by atoms with Gasteiger partial charge in [-0.1, -0.05) is 35.2 Å². The van der Waals surface area contributed by atoms with E-state index in [-0.39, 0.29) is 6.10 Å². The molecule has 3 nitrogen and oxygen atoms in total. The zero-order chi connectivity index (χ0) is 14.3. The molecule has 1 saturated carbocycles. The third-order valence-corrected chi connectivity index (χ3v) is 5.05. The summed E-state index contributed by atoms with van der Waals surface area (Å²) in [5.74, 6) is 0.116. The molecule has 0 radical (unpaired) electrons. The van der Waals surface area contributed by atoms with Gasteiger partial charge in [-0.05, 0) is 37.5 Å². The van der Waals surface area contributed by atoms with Crippen molar-refractivity contribution >= 4 is 21.9 Å². The topological polar surface area (TPSA) is 46.5 Å². The van der Waals surface area contributed by atoms with Crippen molar-refractivity contribution < 1.29 is 14.6 Å². The summed E-state index contributed by atoms with van der Waals surface area (Å²) in [5, 5.41) is 9.86. The maximum Gasteiger partial charge on any atom is 0.314 e. The number of carboxylic acid groups (broad SMARTS) is 1. The molecule has 1 atom stereocenters. The lowest BCUT2D eigenvalue weighted by Crippen LogP contribution is -2.38. The third-order valence-electron chi connectivity index (χ3n) is 4.59. The lowest BCUT2D eigenvalue weighted by Gasteiger charge is -2.34. The summed E-state index contributed by atoms with van der Waals surface area (Å²) >= 11 is 3.53. The van der Waals surface area contributed by atoms with Crippen LogP contribution in [0.25, 0.3) is 0 Å².